The summed E-state index contributed by atoms with van der Waals surface area (Å²) < 4.78 is 0. The highest BCUT2D eigenvalue weighted by atomic mass is 15.2. The third kappa shape index (κ3) is 3.37. The standard InChI is InChI=1S/C17H28N2/c1-4-16(19-13-9-10-14(19)3)17(18-5-2)15-11-7-6-8-12-15/h6-8,11-12,14,16-18H,4-5,9-10,13H2,1-3H3. The van der Waals surface area contributed by atoms with Crippen LogP contribution in [0, 0.1) is 0 Å². The van der Waals surface area contributed by atoms with E-state index in [2.05, 4.69) is 61.3 Å². The minimum atomic E-state index is 0.455. The Labute approximate surface area is 118 Å². The SMILES string of the molecule is CCNC(c1ccccc1)C(CC)N1CCCC1C. The van der Waals surface area contributed by atoms with Crippen molar-refractivity contribution in [1.82, 2.24) is 10.2 Å². The van der Waals surface area contributed by atoms with Crippen molar-refractivity contribution in [2.24, 2.45) is 0 Å². The van der Waals surface area contributed by atoms with Gasteiger partial charge in [0.25, 0.3) is 0 Å². The number of nitrogens with one attached hydrogen (secondary N) is 1. The minimum absolute atomic E-state index is 0.455. The molecule has 1 aliphatic rings. The number of rotatable bonds is 6. The largest absolute Gasteiger partial charge is 0.309 e. The smallest absolute Gasteiger partial charge is 0.0478 e. The summed E-state index contributed by atoms with van der Waals surface area (Å²) in [5, 5.41) is 3.71. The molecule has 1 N–H and O–H groups in total. The van der Waals surface area contributed by atoms with Crippen molar-refractivity contribution in [3.05, 3.63) is 35.9 Å². The van der Waals surface area contributed by atoms with E-state index < -0.39 is 0 Å². The molecule has 106 valence electrons. The number of benzene rings is 1. The monoisotopic (exact) mass is 260 g/mol. The van der Waals surface area contributed by atoms with Gasteiger partial charge in [0.05, 0.1) is 0 Å². The Bertz CT molecular complexity index is 363. The molecule has 1 aromatic rings. The summed E-state index contributed by atoms with van der Waals surface area (Å²) >= 11 is 0. The average Bonchev–Trinajstić information content (AvgIpc) is 2.86. The van der Waals surface area contributed by atoms with Crippen molar-refractivity contribution in [2.75, 3.05) is 13.1 Å². The topological polar surface area (TPSA) is 15.3 Å². The first-order valence-corrected chi connectivity index (χ1v) is 7.82. The second kappa shape index (κ2) is 7.06. The van der Waals surface area contributed by atoms with E-state index in [0.29, 0.717) is 12.1 Å². The Kier molecular flexibility index (Phi) is 5.41. The van der Waals surface area contributed by atoms with Gasteiger partial charge in [0.2, 0.25) is 0 Å². The second-order valence-electron chi connectivity index (χ2n) is 5.65. The normalized spacial score (nSPS) is 23.4. The molecule has 0 spiro atoms. The van der Waals surface area contributed by atoms with Crippen molar-refractivity contribution in [2.45, 2.75) is 58.2 Å². The first-order chi connectivity index (χ1) is 9.27. The molecule has 1 aliphatic heterocycles. The highest BCUT2D eigenvalue weighted by Crippen LogP contribution is 2.29. The fourth-order valence-electron chi connectivity index (χ4n) is 3.47. The Morgan fingerprint density at radius 2 is 2.00 bits per heavy atom. The van der Waals surface area contributed by atoms with Gasteiger partial charge in [0.15, 0.2) is 0 Å². The van der Waals surface area contributed by atoms with Crippen molar-refractivity contribution < 1.29 is 0 Å². The van der Waals surface area contributed by atoms with Crippen molar-refractivity contribution in [3.8, 4) is 0 Å². The maximum absolute atomic E-state index is 3.71. The van der Waals surface area contributed by atoms with Gasteiger partial charge in [-0.15, -0.1) is 0 Å². The van der Waals surface area contributed by atoms with E-state index in [-0.39, 0.29) is 0 Å². The molecule has 0 aliphatic carbocycles. The fourth-order valence-corrected chi connectivity index (χ4v) is 3.47. The molecule has 0 saturated carbocycles. The molecule has 19 heavy (non-hydrogen) atoms. The van der Waals surface area contributed by atoms with Crippen LogP contribution >= 0.6 is 0 Å². The third-order valence-corrected chi connectivity index (χ3v) is 4.42. The number of likely N-dealkylation sites (N-methyl/N-ethyl adjacent to an activating group) is 1. The van der Waals surface area contributed by atoms with E-state index in [4.69, 9.17) is 0 Å². The van der Waals surface area contributed by atoms with E-state index in [9.17, 15) is 0 Å². The summed E-state index contributed by atoms with van der Waals surface area (Å²) in [6, 6.07) is 12.7. The zero-order chi connectivity index (χ0) is 13.7. The summed E-state index contributed by atoms with van der Waals surface area (Å²) in [7, 11) is 0. The van der Waals surface area contributed by atoms with Gasteiger partial charge in [-0.3, -0.25) is 4.90 Å². The quantitative estimate of drug-likeness (QED) is 0.840. The maximum atomic E-state index is 3.71. The molecule has 1 heterocycles. The lowest BCUT2D eigenvalue weighted by Crippen LogP contribution is -2.45. The predicted octanol–water partition coefficient (Wildman–Crippen LogP) is 3.60. The van der Waals surface area contributed by atoms with Crippen LogP contribution in [0.25, 0.3) is 0 Å². The van der Waals surface area contributed by atoms with Crippen LogP contribution in [-0.2, 0) is 0 Å². The molecule has 3 atom stereocenters. The van der Waals surface area contributed by atoms with Crippen molar-refractivity contribution >= 4 is 0 Å². The lowest BCUT2D eigenvalue weighted by atomic mass is 9.95. The van der Waals surface area contributed by atoms with Crippen LogP contribution < -0.4 is 5.32 Å². The van der Waals surface area contributed by atoms with E-state index >= 15 is 0 Å². The molecule has 1 fully saturated rings. The summed E-state index contributed by atoms with van der Waals surface area (Å²) in [6.45, 7) is 9.19. The summed E-state index contributed by atoms with van der Waals surface area (Å²) in [6.07, 6.45) is 3.91. The fraction of sp³-hybridized carbons (Fsp3) is 0.647. The lowest BCUT2D eigenvalue weighted by molar-refractivity contribution is 0.146. The summed E-state index contributed by atoms with van der Waals surface area (Å²) in [4.78, 5) is 2.71. The highest BCUT2D eigenvalue weighted by Gasteiger charge is 2.32. The second-order valence-corrected chi connectivity index (χ2v) is 5.65. The molecule has 2 nitrogen and oxygen atoms in total. The molecule has 1 aromatic carbocycles. The number of hydrogen-bond acceptors (Lipinski definition) is 2. The molecular formula is C17H28N2. The van der Waals surface area contributed by atoms with E-state index in [0.717, 1.165) is 12.6 Å². The molecule has 2 rings (SSSR count). The Morgan fingerprint density at radius 3 is 2.53 bits per heavy atom. The lowest BCUT2D eigenvalue weighted by Gasteiger charge is -2.37. The maximum Gasteiger partial charge on any atom is 0.0478 e. The van der Waals surface area contributed by atoms with Crippen LogP contribution in [0.1, 0.15) is 51.6 Å². The molecule has 0 aromatic heterocycles. The van der Waals surface area contributed by atoms with Crippen molar-refractivity contribution in [3.63, 3.8) is 0 Å². The van der Waals surface area contributed by atoms with E-state index in [1.54, 1.807) is 0 Å². The van der Waals surface area contributed by atoms with Gasteiger partial charge in [-0.1, -0.05) is 44.2 Å². The predicted molar refractivity (Wildman–Crippen MR) is 82.3 cm³/mol. The van der Waals surface area contributed by atoms with E-state index in [1.807, 2.05) is 0 Å². The number of hydrogen-bond donors (Lipinski definition) is 1. The Hall–Kier alpha value is -0.860. The first-order valence-electron chi connectivity index (χ1n) is 7.82. The number of likely N-dealkylation sites (tertiary alicyclic amines) is 1. The first kappa shape index (κ1) is 14.5. The van der Waals surface area contributed by atoms with Gasteiger partial charge in [0, 0.05) is 18.1 Å². The molecule has 0 amide bonds. The zero-order valence-corrected chi connectivity index (χ0v) is 12.6. The van der Waals surface area contributed by atoms with Crippen LogP contribution in [0.4, 0.5) is 0 Å². The van der Waals surface area contributed by atoms with Crippen LogP contribution in [0.5, 0.6) is 0 Å². The van der Waals surface area contributed by atoms with Crippen molar-refractivity contribution in [1.29, 1.82) is 0 Å². The molecule has 0 bridgehead atoms. The molecule has 0 radical (unpaired) electrons. The van der Waals surface area contributed by atoms with Gasteiger partial charge in [-0.05, 0) is 44.8 Å². The van der Waals surface area contributed by atoms with E-state index in [1.165, 1.54) is 31.4 Å². The average molecular weight is 260 g/mol. The minimum Gasteiger partial charge on any atom is -0.309 e. The van der Waals surface area contributed by atoms with Gasteiger partial charge < -0.3 is 5.32 Å². The van der Waals surface area contributed by atoms with Crippen LogP contribution in [0.2, 0.25) is 0 Å². The number of nitrogens with zero attached hydrogens (tertiary/aromatic N) is 1. The Morgan fingerprint density at radius 1 is 1.26 bits per heavy atom. The zero-order valence-electron chi connectivity index (χ0n) is 12.6. The highest BCUT2D eigenvalue weighted by molar-refractivity contribution is 5.21. The Balaban J connectivity index is 2.20. The van der Waals surface area contributed by atoms with Crippen LogP contribution in [0.15, 0.2) is 30.3 Å². The molecule has 1 saturated heterocycles. The molecule has 3 unspecified atom stereocenters. The van der Waals surface area contributed by atoms with Gasteiger partial charge >= 0.3 is 0 Å². The van der Waals surface area contributed by atoms with Gasteiger partial charge in [0.1, 0.15) is 0 Å². The summed E-state index contributed by atoms with van der Waals surface area (Å²) in [5.41, 5.74) is 1.43. The summed E-state index contributed by atoms with van der Waals surface area (Å²) in [5.74, 6) is 0. The molecule has 2 heteroatoms. The van der Waals surface area contributed by atoms with Crippen LogP contribution in [0.3, 0.4) is 0 Å². The van der Waals surface area contributed by atoms with Crippen LogP contribution in [-0.4, -0.2) is 30.1 Å². The third-order valence-electron chi connectivity index (χ3n) is 4.42. The van der Waals surface area contributed by atoms with Gasteiger partial charge in [-0.25, -0.2) is 0 Å². The van der Waals surface area contributed by atoms with Gasteiger partial charge in [-0.2, -0.15) is 0 Å². The molecular weight excluding hydrogens is 232 g/mol.